The van der Waals surface area contributed by atoms with Crippen molar-refractivity contribution in [1.82, 2.24) is 9.88 Å². The molecule has 1 N–H and O–H groups in total. The lowest BCUT2D eigenvalue weighted by Crippen LogP contribution is -2.37. The number of rotatable bonds is 4. The van der Waals surface area contributed by atoms with Gasteiger partial charge in [-0.2, -0.15) is 0 Å². The number of fused-ring (bicyclic) bond motifs is 1. The van der Waals surface area contributed by atoms with Crippen molar-refractivity contribution in [2.75, 3.05) is 5.32 Å². The molecule has 2 amide bonds. The van der Waals surface area contributed by atoms with Gasteiger partial charge in [-0.25, -0.2) is 4.98 Å². The lowest BCUT2D eigenvalue weighted by atomic mass is 10.0. The Morgan fingerprint density at radius 3 is 2.03 bits per heavy atom. The van der Waals surface area contributed by atoms with Crippen molar-refractivity contribution in [1.29, 1.82) is 0 Å². The van der Waals surface area contributed by atoms with E-state index in [0.717, 1.165) is 11.1 Å². The van der Waals surface area contributed by atoms with E-state index in [1.54, 1.807) is 22.5 Å². The van der Waals surface area contributed by atoms with Crippen molar-refractivity contribution in [3.8, 4) is 0 Å². The van der Waals surface area contributed by atoms with Crippen LogP contribution in [0.1, 0.15) is 82.9 Å². The predicted octanol–water partition coefficient (Wildman–Crippen LogP) is 7.58. The molecule has 2 heterocycles. The fourth-order valence-electron chi connectivity index (χ4n) is 3.05. The summed E-state index contributed by atoms with van der Waals surface area (Å²) >= 11 is 1.35. The average Bonchev–Trinajstić information content (AvgIpc) is 3.53. The molecule has 0 fully saturated rings. The van der Waals surface area contributed by atoms with Crippen LogP contribution >= 0.6 is 11.3 Å². The maximum atomic E-state index is 13.0. The highest BCUT2D eigenvalue weighted by Crippen LogP contribution is 2.32. The van der Waals surface area contributed by atoms with Gasteiger partial charge in [-0.05, 0) is 17.2 Å². The summed E-state index contributed by atoms with van der Waals surface area (Å²) in [5.41, 5.74) is 2.37. The maximum Gasteiger partial charge on any atom is 0.255 e. The summed E-state index contributed by atoms with van der Waals surface area (Å²) in [7, 11) is 0. The van der Waals surface area contributed by atoms with Crippen LogP contribution in [-0.2, 0) is 11.3 Å². The smallest absolute Gasteiger partial charge is 0.255 e. The topological polar surface area (TPSA) is 62.3 Å². The van der Waals surface area contributed by atoms with Gasteiger partial charge in [0.25, 0.3) is 11.8 Å². The summed E-state index contributed by atoms with van der Waals surface area (Å²) in [6.45, 7) is 16.4. The Balaban J connectivity index is 0.00000116. The molecule has 6 heteroatoms. The van der Waals surface area contributed by atoms with E-state index >= 15 is 0 Å². The van der Waals surface area contributed by atoms with Crippen molar-refractivity contribution >= 4 is 28.3 Å². The van der Waals surface area contributed by atoms with Crippen LogP contribution in [0.25, 0.3) is 0 Å². The number of amides is 2. The fraction of sp³-hybridized carbons (Fsp3) is 0.370. The molecule has 0 radical (unpaired) electrons. The van der Waals surface area contributed by atoms with Gasteiger partial charge in [-0.15, -0.1) is 11.3 Å². The van der Waals surface area contributed by atoms with Gasteiger partial charge in [0.15, 0.2) is 5.13 Å². The van der Waals surface area contributed by atoms with Gasteiger partial charge in [0.05, 0.1) is 0 Å². The number of nitrogens with one attached hydrogen (secondary N) is 1. The van der Waals surface area contributed by atoms with Crippen molar-refractivity contribution in [3.63, 3.8) is 0 Å². The van der Waals surface area contributed by atoms with E-state index in [2.05, 4.69) is 10.3 Å². The van der Waals surface area contributed by atoms with Crippen LogP contribution in [0.15, 0.2) is 66.2 Å². The molecular weight excluding hydrogens is 430 g/mol. The van der Waals surface area contributed by atoms with Crippen molar-refractivity contribution in [3.05, 3.63) is 82.9 Å². The Hall–Kier alpha value is -2.99. The third-order valence-electron chi connectivity index (χ3n) is 4.19. The van der Waals surface area contributed by atoms with Gasteiger partial charge >= 0.3 is 0 Å². The molecule has 1 aliphatic heterocycles. The van der Waals surface area contributed by atoms with Crippen molar-refractivity contribution in [2.24, 2.45) is 0 Å². The van der Waals surface area contributed by atoms with Crippen LogP contribution in [0, 0.1) is 0 Å². The van der Waals surface area contributed by atoms with Crippen molar-refractivity contribution < 1.29 is 9.59 Å². The molecule has 4 rings (SSSR count). The number of carbonyl (C=O) groups is 2. The number of hydrogen-bond donors (Lipinski definition) is 1. The summed E-state index contributed by atoms with van der Waals surface area (Å²) in [6, 6.07) is 16.1. The van der Waals surface area contributed by atoms with Gasteiger partial charge in [-0.3, -0.25) is 14.9 Å². The second kappa shape index (κ2) is 17.6. The van der Waals surface area contributed by atoms with E-state index in [1.165, 1.54) is 11.3 Å². The minimum atomic E-state index is -0.704. The first kappa shape index (κ1) is 30.0. The number of aromatic nitrogens is 1. The summed E-state index contributed by atoms with van der Waals surface area (Å²) in [5.74, 6) is -0.388. The molecule has 5 nitrogen and oxygen atoms in total. The van der Waals surface area contributed by atoms with E-state index in [-0.39, 0.29) is 11.8 Å². The highest BCUT2D eigenvalue weighted by molar-refractivity contribution is 7.13. The molecule has 0 saturated carbocycles. The average molecular weight is 470 g/mol. The summed E-state index contributed by atoms with van der Waals surface area (Å²) in [5, 5.41) is 5.14. The Kier molecular flexibility index (Phi) is 16.0. The second-order valence-electron chi connectivity index (χ2n) is 5.73. The molecule has 0 aliphatic carbocycles. The SMILES string of the molecule is CC.CC.CC.CC.O=C(Nc1nccs1)C(c1ccccc1)N1Cc2ccccc2C1=O. The van der Waals surface area contributed by atoms with Crippen molar-refractivity contribution in [2.45, 2.75) is 68.0 Å². The molecule has 33 heavy (non-hydrogen) atoms. The Morgan fingerprint density at radius 1 is 0.909 bits per heavy atom. The maximum absolute atomic E-state index is 13.0. The molecule has 2 aromatic carbocycles. The van der Waals surface area contributed by atoms with E-state index < -0.39 is 6.04 Å². The number of benzene rings is 2. The largest absolute Gasteiger partial charge is 0.318 e. The summed E-state index contributed by atoms with van der Waals surface area (Å²) < 4.78 is 0. The van der Waals surface area contributed by atoms with Gasteiger partial charge in [0, 0.05) is 23.7 Å². The highest BCUT2D eigenvalue weighted by atomic mass is 32.1. The first-order valence-corrected chi connectivity index (χ1v) is 12.8. The minimum Gasteiger partial charge on any atom is -0.318 e. The number of hydrogen-bond acceptors (Lipinski definition) is 4. The number of nitrogens with zero attached hydrogens (tertiary/aromatic N) is 2. The van der Waals surface area contributed by atoms with Crippen LogP contribution < -0.4 is 5.32 Å². The molecule has 0 bridgehead atoms. The van der Waals surface area contributed by atoms with Gasteiger partial charge < -0.3 is 4.90 Å². The van der Waals surface area contributed by atoms with Crippen LogP contribution in [-0.4, -0.2) is 21.7 Å². The number of thiazole rings is 1. The molecule has 1 atom stereocenters. The number of anilines is 1. The van der Waals surface area contributed by atoms with E-state index in [4.69, 9.17) is 0 Å². The lowest BCUT2D eigenvalue weighted by molar-refractivity contribution is -0.120. The first-order valence-electron chi connectivity index (χ1n) is 11.9. The second-order valence-corrected chi connectivity index (χ2v) is 6.62. The van der Waals surface area contributed by atoms with E-state index in [0.29, 0.717) is 17.2 Å². The zero-order valence-electron chi connectivity index (χ0n) is 21.3. The quantitative estimate of drug-likeness (QED) is 0.428. The van der Waals surface area contributed by atoms with Gasteiger partial charge in [0.1, 0.15) is 6.04 Å². The van der Waals surface area contributed by atoms with Gasteiger partial charge in [-0.1, -0.05) is 104 Å². The molecule has 1 unspecified atom stereocenters. The Morgan fingerprint density at radius 2 is 1.48 bits per heavy atom. The van der Waals surface area contributed by atoms with Crippen LogP contribution in [0.5, 0.6) is 0 Å². The van der Waals surface area contributed by atoms with Crippen LogP contribution in [0.3, 0.4) is 0 Å². The molecule has 1 aliphatic rings. The summed E-state index contributed by atoms with van der Waals surface area (Å²) in [4.78, 5) is 31.5. The molecular formula is C27H39N3O2S. The third kappa shape index (κ3) is 8.13. The van der Waals surface area contributed by atoms with Crippen LogP contribution in [0.2, 0.25) is 0 Å². The summed E-state index contributed by atoms with van der Waals surface area (Å²) in [6.07, 6.45) is 1.63. The molecule has 3 aromatic rings. The number of carbonyl (C=O) groups excluding carboxylic acids is 2. The Bertz CT molecular complexity index is 912. The zero-order valence-corrected chi connectivity index (χ0v) is 22.1. The molecule has 0 saturated heterocycles. The fourth-order valence-corrected chi connectivity index (χ4v) is 3.58. The monoisotopic (exact) mass is 469 g/mol. The standard InChI is InChI=1S/C19H15N3O2S.4C2H6/c23-17(21-19-20-10-11-25-19)16(13-6-2-1-3-7-13)22-12-14-8-4-5-9-15(14)18(22)24;4*1-2/h1-11,16H,12H2,(H,20,21,23);4*1-2H3. The van der Waals surface area contributed by atoms with Gasteiger partial charge in [0.2, 0.25) is 0 Å². The van der Waals surface area contributed by atoms with E-state index in [9.17, 15) is 9.59 Å². The first-order chi connectivity index (χ1) is 16.2. The molecule has 0 spiro atoms. The van der Waals surface area contributed by atoms with E-state index in [1.807, 2.05) is 104 Å². The molecule has 180 valence electrons. The Labute approximate surface area is 203 Å². The normalized spacial score (nSPS) is 11.5. The zero-order chi connectivity index (χ0) is 25.2. The lowest BCUT2D eigenvalue weighted by Gasteiger charge is -2.27. The highest BCUT2D eigenvalue weighted by Gasteiger charge is 2.37. The predicted molar refractivity (Wildman–Crippen MR) is 142 cm³/mol. The minimum absolute atomic E-state index is 0.126. The van der Waals surface area contributed by atoms with Crippen LogP contribution in [0.4, 0.5) is 5.13 Å². The molecule has 1 aromatic heterocycles. The third-order valence-corrected chi connectivity index (χ3v) is 4.88.